The highest BCUT2D eigenvalue weighted by Gasteiger charge is 2.00. The lowest BCUT2D eigenvalue weighted by Crippen LogP contribution is -1.96. The standard InChI is InChI=1S/C10H15NOS/c1-12-9-4-3-8(5-6-13-2)10(11)7-9/h3-4,7H,5-6,11H2,1-2H3. The molecule has 13 heavy (non-hydrogen) atoms. The fourth-order valence-corrected chi connectivity index (χ4v) is 1.56. The van der Waals surface area contributed by atoms with Crippen molar-refractivity contribution in [1.82, 2.24) is 0 Å². The molecular formula is C10H15NOS. The molecular weight excluding hydrogens is 182 g/mol. The maximum absolute atomic E-state index is 5.85. The van der Waals surface area contributed by atoms with E-state index in [1.54, 1.807) is 7.11 Å². The van der Waals surface area contributed by atoms with E-state index in [4.69, 9.17) is 10.5 Å². The molecule has 0 fully saturated rings. The molecule has 1 aromatic rings. The zero-order chi connectivity index (χ0) is 9.68. The highest BCUT2D eigenvalue weighted by molar-refractivity contribution is 7.98. The summed E-state index contributed by atoms with van der Waals surface area (Å²) in [6.07, 6.45) is 3.12. The van der Waals surface area contributed by atoms with Gasteiger partial charge in [0.05, 0.1) is 7.11 Å². The highest BCUT2D eigenvalue weighted by atomic mass is 32.2. The average Bonchev–Trinajstić information content (AvgIpc) is 2.16. The van der Waals surface area contributed by atoms with Crippen molar-refractivity contribution in [3.8, 4) is 5.75 Å². The van der Waals surface area contributed by atoms with Gasteiger partial charge in [0.2, 0.25) is 0 Å². The quantitative estimate of drug-likeness (QED) is 0.751. The molecule has 2 N–H and O–H groups in total. The number of rotatable bonds is 4. The molecule has 0 aromatic heterocycles. The number of aryl methyl sites for hydroxylation is 1. The summed E-state index contributed by atoms with van der Waals surface area (Å²) in [5.41, 5.74) is 7.88. The maximum Gasteiger partial charge on any atom is 0.120 e. The number of nitrogen functional groups attached to an aromatic ring is 1. The zero-order valence-corrected chi connectivity index (χ0v) is 8.86. The summed E-state index contributed by atoms with van der Waals surface area (Å²) in [6, 6.07) is 5.85. The second kappa shape index (κ2) is 5.02. The van der Waals surface area contributed by atoms with Gasteiger partial charge in [0.25, 0.3) is 0 Å². The van der Waals surface area contributed by atoms with E-state index in [1.807, 2.05) is 30.0 Å². The fraction of sp³-hybridized carbons (Fsp3) is 0.400. The molecule has 2 nitrogen and oxygen atoms in total. The molecule has 0 saturated heterocycles. The van der Waals surface area contributed by atoms with Crippen molar-refractivity contribution >= 4 is 17.4 Å². The molecule has 0 bridgehead atoms. The Balaban J connectivity index is 2.73. The molecule has 0 heterocycles. The van der Waals surface area contributed by atoms with Crippen LogP contribution in [0, 0.1) is 0 Å². The van der Waals surface area contributed by atoms with Gasteiger partial charge in [-0.2, -0.15) is 11.8 Å². The van der Waals surface area contributed by atoms with Gasteiger partial charge < -0.3 is 10.5 Å². The van der Waals surface area contributed by atoms with Gasteiger partial charge in [-0.15, -0.1) is 0 Å². The normalized spacial score (nSPS) is 10.0. The molecule has 0 spiro atoms. The van der Waals surface area contributed by atoms with Crippen molar-refractivity contribution in [2.45, 2.75) is 6.42 Å². The van der Waals surface area contributed by atoms with Crippen LogP contribution in [0.2, 0.25) is 0 Å². The van der Waals surface area contributed by atoms with E-state index < -0.39 is 0 Å². The lowest BCUT2D eigenvalue weighted by Gasteiger charge is -2.06. The number of hydrogen-bond donors (Lipinski definition) is 1. The van der Waals surface area contributed by atoms with Crippen LogP contribution in [-0.4, -0.2) is 19.1 Å². The topological polar surface area (TPSA) is 35.2 Å². The first kappa shape index (κ1) is 10.3. The first-order valence-corrected chi connectivity index (χ1v) is 5.58. The fourth-order valence-electron chi connectivity index (χ4n) is 1.14. The Morgan fingerprint density at radius 1 is 1.46 bits per heavy atom. The Labute approximate surface area is 83.5 Å². The van der Waals surface area contributed by atoms with E-state index in [9.17, 15) is 0 Å². The van der Waals surface area contributed by atoms with Gasteiger partial charge in [0.15, 0.2) is 0 Å². The Morgan fingerprint density at radius 2 is 2.23 bits per heavy atom. The lowest BCUT2D eigenvalue weighted by atomic mass is 10.1. The van der Waals surface area contributed by atoms with Gasteiger partial charge >= 0.3 is 0 Å². The van der Waals surface area contributed by atoms with Crippen molar-refractivity contribution in [3.63, 3.8) is 0 Å². The predicted molar refractivity (Wildman–Crippen MR) is 59.5 cm³/mol. The first-order valence-electron chi connectivity index (χ1n) is 4.19. The molecule has 1 aromatic carbocycles. The van der Waals surface area contributed by atoms with Crippen molar-refractivity contribution in [3.05, 3.63) is 23.8 Å². The number of methoxy groups -OCH3 is 1. The second-order valence-corrected chi connectivity index (χ2v) is 3.79. The third kappa shape index (κ3) is 2.84. The summed E-state index contributed by atoms with van der Waals surface area (Å²) in [5, 5.41) is 0. The summed E-state index contributed by atoms with van der Waals surface area (Å²) < 4.78 is 5.07. The number of ether oxygens (including phenoxy) is 1. The highest BCUT2D eigenvalue weighted by Crippen LogP contribution is 2.20. The van der Waals surface area contributed by atoms with Gasteiger partial charge in [0.1, 0.15) is 5.75 Å². The Morgan fingerprint density at radius 3 is 2.77 bits per heavy atom. The third-order valence-electron chi connectivity index (χ3n) is 1.93. The van der Waals surface area contributed by atoms with Crippen molar-refractivity contribution < 1.29 is 4.74 Å². The molecule has 0 aliphatic rings. The smallest absolute Gasteiger partial charge is 0.120 e. The summed E-state index contributed by atoms with van der Waals surface area (Å²) >= 11 is 1.83. The Hall–Kier alpha value is -0.830. The number of benzene rings is 1. The van der Waals surface area contributed by atoms with E-state index in [2.05, 4.69) is 6.26 Å². The molecule has 0 atom stereocenters. The van der Waals surface area contributed by atoms with Crippen LogP contribution >= 0.6 is 11.8 Å². The van der Waals surface area contributed by atoms with Crippen molar-refractivity contribution in [1.29, 1.82) is 0 Å². The van der Waals surface area contributed by atoms with E-state index in [0.717, 1.165) is 23.6 Å². The lowest BCUT2D eigenvalue weighted by molar-refractivity contribution is 0.415. The van der Waals surface area contributed by atoms with Crippen LogP contribution in [0.15, 0.2) is 18.2 Å². The molecule has 1 rings (SSSR count). The van der Waals surface area contributed by atoms with E-state index in [-0.39, 0.29) is 0 Å². The monoisotopic (exact) mass is 197 g/mol. The van der Waals surface area contributed by atoms with Crippen LogP contribution in [0.3, 0.4) is 0 Å². The minimum atomic E-state index is 0.824. The average molecular weight is 197 g/mol. The van der Waals surface area contributed by atoms with E-state index >= 15 is 0 Å². The number of thioether (sulfide) groups is 1. The summed E-state index contributed by atoms with van der Waals surface area (Å²) in [6.45, 7) is 0. The maximum atomic E-state index is 5.85. The second-order valence-electron chi connectivity index (χ2n) is 2.81. The SMILES string of the molecule is COc1ccc(CCSC)c(N)c1. The largest absolute Gasteiger partial charge is 0.497 e. The molecule has 0 aliphatic carbocycles. The van der Waals surface area contributed by atoms with Crippen molar-refractivity contribution in [2.24, 2.45) is 0 Å². The van der Waals surface area contributed by atoms with Crippen molar-refractivity contribution in [2.75, 3.05) is 24.9 Å². The van der Waals surface area contributed by atoms with Crippen LogP contribution in [-0.2, 0) is 6.42 Å². The van der Waals surface area contributed by atoms with E-state index in [0.29, 0.717) is 0 Å². The molecule has 0 aliphatic heterocycles. The van der Waals surface area contributed by atoms with Crippen LogP contribution in [0.4, 0.5) is 5.69 Å². The first-order chi connectivity index (χ1) is 6.27. The van der Waals surface area contributed by atoms with Gasteiger partial charge in [-0.1, -0.05) is 6.07 Å². The Kier molecular flexibility index (Phi) is 3.96. The number of anilines is 1. The number of hydrogen-bond acceptors (Lipinski definition) is 3. The summed E-state index contributed by atoms with van der Waals surface area (Å²) in [7, 11) is 1.65. The minimum Gasteiger partial charge on any atom is -0.497 e. The molecule has 72 valence electrons. The zero-order valence-electron chi connectivity index (χ0n) is 8.04. The minimum absolute atomic E-state index is 0.824. The Bertz CT molecular complexity index is 276. The van der Waals surface area contributed by atoms with E-state index in [1.165, 1.54) is 5.56 Å². The molecule has 0 unspecified atom stereocenters. The number of nitrogens with two attached hydrogens (primary N) is 1. The molecule has 0 radical (unpaired) electrons. The van der Waals surface area contributed by atoms with Crippen LogP contribution in [0.5, 0.6) is 5.75 Å². The molecule has 0 saturated carbocycles. The van der Waals surface area contributed by atoms with Gasteiger partial charge in [0, 0.05) is 11.8 Å². The van der Waals surface area contributed by atoms with Crippen LogP contribution in [0.25, 0.3) is 0 Å². The molecule has 0 amide bonds. The summed E-state index contributed by atoms with van der Waals surface area (Å²) in [4.78, 5) is 0. The summed E-state index contributed by atoms with van der Waals surface area (Å²) in [5.74, 6) is 1.93. The van der Waals surface area contributed by atoms with Gasteiger partial charge in [-0.25, -0.2) is 0 Å². The van der Waals surface area contributed by atoms with Crippen LogP contribution < -0.4 is 10.5 Å². The van der Waals surface area contributed by atoms with Gasteiger partial charge in [-0.05, 0) is 30.1 Å². The molecule has 3 heteroatoms. The third-order valence-corrected chi connectivity index (χ3v) is 2.54. The van der Waals surface area contributed by atoms with Crippen LogP contribution in [0.1, 0.15) is 5.56 Å². The predicted octanol–water partition coefficient (Wildman–Crippen LogP) is 2.18. The van der Waals surface area contributed by atoms with Gasteiger partial charge in [-0.3, -0.25) is 0 Å².